The van der Waals surface area contributed by atoms with Gasteiger partial charge in [-0.25, -0.2) is 4.39 Å². The molecule has 0 saturated carbocycles. The van der Waals surface area contributed by atoms with Gasteiger partial charge in [0.15, 0.2) is 0 Å². The highest BCUT2D eigenvalue weighted by Crippen LogP contribution is 2.21. The number of hydrogen-bond donors (Lipinski definition) is 3. The Morgan fingerprint density at radius 1 is 1.25 bits per heavy atom. The minimum atomic E-state index is -0.277. The fourth-order valence-corrected chi connectivity index (χ4v) is 1.83. The third-order valence-electron chi connectivity index (χ3n) is 2.97. The molecule has 0 spiro atoms. The zero-order valence-corrected chi connectivity index (χ0v) is 11.1. The van der Waals surface area contributed by atoms with E-state index < -0.39 is 0 Å². The first-order chi connectivity index (χ1) is 9.61. The van der Waals surface area contributed by atoms with Crippen LogP contribution in [0.4, 0.5) is 15.8 Å². The molecule has 0 aliphatic heterocycles. The van der Waals surface area contributed by atoms with Crippen LogP contribution in [0.25, 0.3) is 0 Å². The minimum Gasteiger partial charge on any atom is -0.397 e. The van der Waals surface area contributed by atoms with Gasteiger partial charge in [0.1, 0.15) is 5.82 Å². The second kappa shape index (κ2) is 6.06. The van der Waals surface area contributed by atoms with Crippen molar-refractivity contribution in [1.82, 2.24) is 5.32 Å². The smallest absolute Gasteiger partial charge is 0.251 e. The summed E-state index contributed by atoms with van der Waals surface area (Å²) in [5, 5.41) is 5.59. The average molecular weight is 273 g/mol. The Balaban J connectivity index is 2.17. The highest BCUT2D eigenvalue weighted by molar-refractivity contribution is 5.96. The molecule has 0 aromatic heterocycles. The molecule has 4 nitrogen and oxygen atoms in total. The monoisotopic (exact) mass is 273 g/mol. The van der Waals surface area contributed by atoms with Gasteiger partial charge in [-0.3, -0.25) is 4.79 Å². The van der Waals surface area contributed by atoms with Gasteiger partial charge in [0, 0.05) is 24.7 Å². The number of nitrogens with one attached hydrogen (secondary N) is 2. The van der Waals surface area contributed by atoms with Gasteiger partial charge in [0.2, 0.25) is 0 Å². The number of rotatable bonds is 4. The maximum absolute atomic E-state index is 13.5. The number of amides is 1. The Hall–Kier alpha value is -2.56. The lowest BCUT2D eigenvalue weighted by Gasteiger charge is -2.11. The van der Waals surface area contributed by atoms with Crippen LogP contribution in [-0.4, -0.2) is 13.0 Å². The standard InChI is InChI=1S/C15H16FN3O/c1-18-15(20)10-6-7-13(17)14(8-10)19-9-11-4-2-3-5-12(11)16/h2-8,19H,9,17H2,1H3,(H,18,20). The van der Waals surface area contributed by atoms with Crippen molar-refractivity contribution in [1.29, 1.82) is 0 Å². The lowest BCUT2D eigenvalue weighted by atomic mass is 10.1. The van der Waals surface area contributed by atoms with Crippen LogP contribution in [0.5, 0.6) is 0 Å². The van der Waals surface area contributed by atoms with E-state index in [0.717, 1.165) is 0 Å². The van der Waals surface area contributed by atoms with Crippen LogP contribution >= 0.6 is 0 Å². The zero-order valence-electron chi connectivity index (χ0n) is 11.1. The van der Waals surface area contributed by atoms with Gasteiger partial charge < -0.3 is 16.4 Å². The first-order valence-corrected chi connectivity index (χ1v) is 6.20. The van der Waals surface area contributed by atoms with Crippen LogP contribution in [0.3, 0.4) is 0 Å². The number of nitrogens with two attached hydrogens (primary N) is 1. The van der Waals surface area contributed by atoms with Gasteiger partial charge in [-0.15, -0.1) is 0 Å². The Kier molecular flexibility index (Phi) is 4.20. The molecule has 0 aliphatic carbocycles. The molecule has 2 aromatic rings. The molecule has 0 aliphatic rings. The minimum absolute atomic E-state index is 0.195. The van der Waals surface area contributed by atoms with Gasteiger partial charge in [-0.1, -0.05) is 18.2 Å². The predicted molar refractivity (Wildman–Crippen MR) is 78.0 cm³/mol. The van der Waals surface area contributed by atoms with Crippen molar-refractivity contribution in [3.05, 3.63) is 59.4 Å². The molecule has 104 valence electrons. The summed E-state index contributed by atoms with van der Waals surface area (Å²) in [6.45, 7) is 0.300. The van der Waals surface area contributed by atoms with Crippen LogP contribution < -0.4 is 16.4 Å². The lowest BCUT2D eigenvalue weighted by Crippen LogP contribution is -2.18. The molecule has 0 bridgehead atoms. The van der Waals surface area contributed by atoms with Gasteiger partial charge in [0.05, 0.1) is 11.4 Å². The molecular weight excluding hydrogens is 257 g/mol. The van der Waals surface area contributed by atoms with E-state index in [4.69, 9.17) is 5.73 Å². The van der Waals surface area contributed by atoms with E-state index >= 15 is 0 Å². The summed E-state index contributed by atoms with van der Waals surface area (Å²) in [6.07, 6.45) is 0. The largest absolute Gasteiger partial charge is 0.397 e. The average Bonchev–Trinajstić information content (AvgIpc) is 2.47. The predicted octanol–water partition coefficient (Wildman–Crippen LogP) is 2.38. The molecule has 5 heteroatoms. The Morgan fingerprint density at radius 3 is 2.70 bits per heavy atom. The maximum Gasteiger partial charge on any atom is 0.251 e. The Bertz CT molecular complexity index is 628. The van der Waals surface area contributed by atoms with E-state index in [2.05, 4.69) is 10.6 Å². The number of anilines is 2. The first kappa shape index (κ1) is 13.9. The van der Waals surface area contributed by atoms with Crippen LogP contribution in [0, 0.1) is 5.82 Å². The van der Waals surface area contributed by atoms with E-state index in [1.807, 2.05) is 0 Å². The van der Waals surface area contributed by atoms with Gasteiger partial charge in [-0.2, -0.15) is 0 Å². The fourth-order valence-electron chi connectivity index (χ4n) is 1.83. The molecule has 0 radical (unpaired) electrons. The van der Waals surface area contributed by atoms with E-state index in [9.17, 15) is 9.18 Å². The number of hydrogen-bond acceptors (Lipinski definition) is 3. The number of carbonyl (C=O) groups is 1. The SMILES string of the molecule is CNC(=O)c1ccc(N)c(NCc2ccccc2F)c1. The highest BCUT2D eigenvalue weighted by Gasteiger charge is 2.07. The summed E-state index contributed by atoms with van der Waals surface area (Å²) in [5.41, 5.74) is 8.00. The van der Waals surface area contributed by atoms with Crippen molar-refractivity contribution in [2.24, 2.45) is 0 Å². The molecular formula is C15H16FN3O. The Labute approximate surface area is 116 Å². The van der Waals surface area contributed by atoms with Crippen molar-refractivity contribution < 1.29 is 9.18 Å². The summed E-state index contributed by atoms with van der Waals surface area (Å²) in [6, 6.07) is 11.4. The Morgan fingerprint density at radius 2 is 2.00 bits per heavy atom. The summed E-state index contributed by atoms with van der Waals surface area (Å²) in [5.74, 6) is -0.472. The van der Waals surface area contributed by atoms with E-state index in [-0.39, 0.29) is 11.7 Å². The molecule has 0 unspecified atom stereocenters. The van der Waals surface area contributed by atoms with Crippen molar-refractivity contribution >= 4 is 17.3 Å². The summed E-state index contributed by atoms with van der Waals surface area (Å²) >= 11 is 0. The van der Waals surface area contributed by atoms with E-state index in [1.54, 1.807) is 43.4 Å². The molecule has 20 heavy (non-hydrogen) atoms. The fraction of sp³-hybridized carbons (Fsp3) is 0.133. The van der Waals surface area contributed by atoms with Crippen LogP contribution in [-0.2, 0) is 6.54 Å². The topological polar surface area (TPSA) is 67.2 Å². The number of carbonyl (C=O) groups excluding carboxylic acids is 1. The van der Waals surface area contributed by atoms with Gasteiger partial charge in [-0.05, 0) is 24.3 Å². The summed E-state index contributed by atoms with van der Waals surface area (Å²) in [4.78, 5) is 11.6. The van der Waals surface area contributed by atoms with Crippen LogP contribution in [0.15, 0.2) is 42.5 Å². The third-order valence-corrected chi connectivity index (χ3v) is 2.97. The third kappa shape index (κ3) is 3.06. The van der Waals surface area contributed by atoms with E-state index in [0.29, 0.717) is 29.0 Å². The quantitative estimate of drug-likeness (QED) is 0.749. The lowest BCUT2D eigenvalue weighted by molar-refractivity contribution is 0.0963. The molecule has 2 aromatic carbocycles. The van der Waals surface area contributed by atoms with Crippen LogP contribution in [0.2, 0.25) is 0 Å². The van der Waals surface area contributed by atoms with Crippen molar-refractivity contribution in [2.45, 2.75) is 6.54 Å². The van der Waals surface area contributed by atoms with Crippen molar-refractivity contribution in [3.63, 3.8) is 0 Å². The van der Waals surface area contributed by atoms with Gasteiger partial charge >= 0.3 is 0 Å². The molecule has 0 atom stereocenters. The second-order valence-electron chi connectivity index (χ2n) is 4.33. The van der Waals surface area contributed by atoms with Crippen LogP contribution in [0.1, 0.15) is 15.9 Å². The molecule has 1 amide bonds. The summed E-state index contributed by atoms with van der Waals surface area (Å²) in [7, 11) is 1.56. The normalized spacial score (nSPS) is 10.1. The highest BCUT2D eigenvalue weighted by atomic mass is 19.1. The van der Waals surface area contributed by atoms with Crippen molar-refractivity contribution in [3.8, 4) is 0 Å². The number of nitrogen functional groups attached to an aromatic ring is 1. The molecule has 2 rings (SSSR count). The number of benzene rings is 2. The van der Waals surface area contributed by atoms with Gasteiger partial charge in [0.25, 0.3) is 5.91 Å². The zero-order chi connectivity index (χ0) is 14.5. The van der Waals surface area contributed by atoms with Crippen molar-refractivity contribution in [2.75, 3.05) is 18.1 Å². The first-order valence-electron chi connectivity index (χ1n) is 6.20. The number of halogens is 1. The van der Waals surface area contributed by atoms with E-state index in [1.165, 1.54) is 6.07 Å². The molecule has 0 fully saturated rings. The molecule has 0 heterocycles. The molecule has 4 N–H and O–H groups in total. The second-order valence-corrected chi connectivity index (χ2v) is 4.33. The maximum atomic E-state index is 13.5. The molecule has 0 saturated heterocycles. The summed E-state index contributed by atoms with van der Waals surface area (Å²) < 4.78 is 13.5.